The van der Waals surface area contributed by atoms with Crippen molar-refractivity contribution in [3.63, 3.8) is 0 Å². The van der Waals surface area contributed by atoms with Gasteiger partial charge in [0.15, 0.2) is 11.5 Å². The van der Waals surface area contributed by atoms with E-state index in [1.165, 1.54) is 0 Å². The Kier molecular flexibility index (Phi) is 2.18. The summed E-state index contributed by atoms with van der Waals surface area (Å²) in [6.07, 6.45) is 0. The van der Waals surface area contributed by atoms with Gasteiger partial charge in [0.2, 0.25) is 12.7 Å². The summed E-state index contributed by atoms with van der Waals surface area (Å²) in [6, 6.07) is 11.8. The van der Waals surface area contributed by atoms with Gasteiger partial charge in [-0.15, -0.1) is 0 Å². The van der Waals surface area contributed by atoms with Crippen LogP contribution in [0, 0.1) is 6.92 Å². The first kappa shape index (κ1) is 11.2. The molecule has 0 saturated heterocycles. The summed E-state index contributed by atoms with van der Waals surface area (Å²) >= 11 is 0. The van der Waals surface area contributed by atoms with Crippen molar-refractivity contribution in [2.45, 2.75) is 6.92 Å². The van der Waals surface area contributed by atoms with E-state index in [1.807, 2.05) is 47.9 Å². The maximum atomic E-state index is 6.08. The molecule has 0 atom stereocenters. The second-order valence-electron chi connectivity index (χ2n) is 4.79. The van der Waals surface area contributed by atoms with Crippen molar-refractivity contribution in [1.29, 1.82) is 0 Å². The number of hydrogen-bond donors (Lipinski definition) is 1. The van der Waals surface area contributed by atoms with E-state index in [1.54, 1.807) is 0 Å². The average Bonchev–Trinajstić information content (AvgIpc) is 3.02. The SMILES string of the molecule is Cc1cccc2c1nc(N)n2-c1ccc2c(c1)OCO2. The van der Waals surface area contributed by atoms with Crippen LogP contribution in [0.1, 0.15) is 5.56 Å². The van der Waals surface area contributed by atoms with E-state index in [0.717, 1.165) is 33.8 Å². The number of anilines is 1. The highest BCUT2D eigenvalue weighted by atomic mass is 16.7. The molecule has 1 aromatic heterocycles. The molecule has 3 aromatic rings. The molecule has 100 valence electrons. The number of ether oxygens (including phenoxy) is 2. The van der Waals surface area contributed by atoms with E-state index in [9.17, 15) is 0 Å². The number of nitrogens with zero attached hydrogens (tertiary/aromatic N) is 2. The minimum Gasteiger partial charge on any atom is -0.454 e. The number of aryl methyl sites for hydroxylation is 1. The summed E-state index contributed by atoms with van der Waals surface area (Å²) in [4.78, 5) is 4.45. The second-order valence-corrected chi connectivity index (χ2v) is 4.79. The molecule has 2 N–H and O–H groups in total. The molecule has 20 heavy (non-hydrogen) atoms. The van der Waals surface area contributed by atoms with Crippen LogP contribution < -0.4 is 15.2 Å². The van der Waals surface area contributed by atoms with Gasteiger partial charge in [-0.05, 0) is 30.7 Å². The summed E-state index contributed by atoms with van der Waals surface area (Å²) in [5.41, 5.74) is 10.0. The van der Waals surface area contributed by atoms with Crippen LogP contribution in [0.15, 0.2) is 36.4 Å². The van der Waals surface area contributed by atoms with E-state index in [-0.39, 0.29) is 6.79 Å². The van der Waals surface area contributed by atoms with Crippen molar-refractivity contribution in [3.8, 4) is 17.2 Å². The zero-order chi connectivity index (χ0) is 13.7. The number of imidazole rings is 1. The van der Waals surface area contributed by atoms with Crippen molar-refractivity contribution >= 4 is 17.0 Å². The Labute approximate surface area is 115 Å². The topological polar surface area (TPSA) is 62.3 Å². The number of fused-ring (bicyclic) bond motifs is 2. The fourth-order valence-electron chi connectivity index (χ4n) is 2.55. The van der Waals surface area contributed by atoms with Crippen LogP contribution in [-0.2, 0) is 0 Å². The van der Waals surface area contributed by atoms with Crippen molar-refractivity contribution in [1.82, 2.24) is 9.55 Å². The zero-order valence-electron chi connectivity index (χ0n) is 11.0. The van der Waals surface area contributed by atoms with Crippen LogP contribution in [0.5, 0.6) is 11.5 Å². The molecule has 0 bridgehead atoms. The van der Waals surface area contributed by atoms with Gasteiger partial charge in [0.1, 0.15) is 0 Å². The summed E-state index contributed by atoms with van der Waals surface area (Å²) in [7, 11) is 0. The molecule has 0 unspecified atom stereocenters. The maximum Gasteiger partial charge on any atom is 0.231 e. The first-order valence-electron chi connectivity index (χ1n) is 6.37. The van der Waals surface area contributed by atoms with Crippen molar-refractivity contribution < 1.29 is 9.47 Å². The van der Waals surface area contributed by atoms with Gasteiger partial charge < -0.3 is 15.2 Å². The smallest absolute Gasteiger partial charge is 0.231 e. The molecule has 0 radical (unpaired) electrons. The molecule has 0 fully saturated rings. The van der Waals surface area contributed by atoms with E-state index in [4.69, 9.17) is 15.2 Å². The third kappa shape index (κ3) is 1.46. The molecule has 0 saturated carbocycles. The Morgan fingerprint density at radius 2 is 2.00 bits per heavy atom. The zero-order valence-corrected chi connectivity index (χ0v) is 11.0. The molecule has 4 rings (SSSR count). The van der Waals surface area contributed by atoms with Gasteiger partial charge in [0.05, 0.1) is 16.7 Å². The molecule has 0 spiro atoms. The highest BCUT2D eigenvalue weighted by Crippen LogP contribution is 2.35. The van der Waals surface area contributed by atoms with Crippen LogP contribution in [0.25, 0.3) is 16.7 Å². The van der Waals surface area contributed by atoms with E-state index < -0.39 is 0 Å². The highest BCUT2D eigenvalue weighted by molar-refractivity contribution is 5.83. The lowest BCUT2D eigenvalue weighted by molar-refractivity contribution is 0.174. The molecule has 2 heterocycles. The summed E-state index contributed by atoms with van der Waals surface area (Å²) in [5, 5.41) is 0. The van der Waals surface area contributed by atoms with Gasteiger partial charge in [0, 0.05) is 6.07 Å². The Bertz CT molecular complexity index is 823. The molecule has 2 aromatic carbocycles. The number of para-hydroxylation sites is 1. The molecule has 5 heteroatoms. The number of aromatic nitrogens is 2. The Morgan fingerprint density at radius 1 is 1.15 bits per heavy atom. The van der Waals surface area contributed by atoms with Gasteiger partial charge in [-0.3, -0.25) is 4.57 Å². The van der Waals surface area contributed by atoms with Gasteiger partial charge >= 0.3 is 0 Å². The van der Waals surface area contributed by atoms with Crippen LogP contribution in [-0.4, -0.2) is 16.3 Å². The number of benzene rings is 2. The van der Waals surface area contributed by atoms with E-state index >= 15 is 0 Å². The molecule has 0 amide bonds. The minimum absolute atomic E-state index is 0.262. The highest BCUT2D eigenvalue weighted by Gasteiger charge is 2.17. The maximum absolute atomic E-state index is 6.08. The average molecular weight is 267 g/mol. The first-order valence-corrected chi connectivity index (χ1v) is 6.37. The lowest BCUT2D eigenvalue weighted by Crippen LogP contribution is -2.00. The van der Waals surface area contributed by atoms with E-state index in [2.05, 4.69) is 4.98 Å². The van der Waals surface area contributed by atoms with Crippen LogP contribution in [0.2, 0.25) is 0 Å². The largest absolute Gasteiger partial charge is 0.454 e. The molecule has 0 aliphatic carbocycles. The Balaban J connectivity index is 1.98. The number of nitrogen functional groups attached to an aromatic ring is 1. The minimum atomic E-state index is 0.262. The van der Waals surface area contributed by atoms with Crippen LogP contribution >= 0.6 is 0 Å². The van der Waals surface area contributed by atoms with Gasteiger partial charge in [-0.1, -0.05) is 12.1 Å². The van der Waals surface area contributed by atoms with Crippen LogP contribution in [0.4, 0.5) is 5.95 Å². The van der Waals surface area contributed by atoms with Crippen LogP contribution in [0.3, 0.4) is 0 Å². The van der Waals surface area contributed by atoms with Gasteiger partial charge in [-0.25, -0.2) is 4.98 Å². The predicted molar refractivity (Wildman–Crippen MR) is 76.3 cm³/mol. The van der Waals surface area contributed by atoms with Crippen molar-refractivity contribution in [3.05, 3.63) is 42.0 Å². The third-order valence-corrected chi connectivity index (χ3v) is 3.53. The van der Waals surface area contributed by atoms with Gasteiger partial charge in [-0.2, -0.15) is 0 Å². The number of hydrogen-bond acceptors (Lipinski definition) is 4. The fourth-order valence-corrected chi connectivity index (χ4v) is 2.55. The summed E-state index contributed by atoms with van der Waals surface area (Å²) < 4.78 is 12.7. The first-order chi connectivity index (χ1) is 9.74. The predicted octanol–water partition coefficient (Wildman–Crippen LogP) is 2.64. The Hall–Kier alpha value is -2.69. The Morgan fingerprint density at radius 3 is 2.90 bits per heavy atom. The van der Waals surface area contributed by atoms with Crippen molar-refractivity contribution in [2.24, 2.45) is 0 Å². The molecule has 1 aliphatic heterocycles. The summed E-state index contributed by atoms with van der Waals surface area (Å²) in [5.74, 6) is 1.96. The molecular weight excluding hydrogens is 254 g/mol. The van der Waals surface area contributed by atoms with Gasteiger partial charge in [0.25, 0.3) is 0 Å². The lowest BCUT2D eigenvalue weighted by atomic mass is 10.2. The fraction of sp³-hybridized carbons (Fsp3) is 0.133. The van der Waals surface area contributed by atoms with E-state index in [0.29, 0.717) is 5.95 Å². The second kappa shape index (κ2) is 3.90. The quantitative estimate of drug-likeness (QED) is 0.736. The molecular formula is C15H13N3O2. The lowest BCUT2D eigenvalue weighted by Gasteiger charge is -2.07. The standard InChI is InChI=1S/C15H13N3O2/c1-9-3-2-4-11-14(9)17-15(16)18(11)10-5-6-12-13(7-10)20-8-19-12/h2-7H,8H2,1H3,(H2,16,17). The normalized spacial score (nSPS) is 13.1. The van der Waals surface area contributed by atoms with Crippen molar-refractivity contribution in [2.75, 3.05) is 12.5 Å². The summed E-state index contributed by atoms with van der Waals surface area (Å²) in [6.45, 7) is 2.29. The third-order valence-electron chi connectivity index (χ3n) is 3.53. The number of rotatable bonds is 1. The molecule has 5 nitrogen and oxygen atoms in total. The molecule has 1 aliphatic rings. The number of nitrogens with two attached hydrogens (primary N) is 1. The monoisotopic (exact) mass is 267 g/mol.